The summed E-state index contributed by atoms with van der Waals surface area (Å²) in [6, 6.07) is 21.0. The van der Waals surface area contributed by atoms with E-state index in [-0.39, 0.29) is 18.0 Å². The number of aromatic nitrogens is 2. The fraction of sp³-hybridized carbons (Fsp3) is 0.143. The molecule has 6 nitrogen and oxygen atoms in total. The number of pyridine rings is 1. The van der Waals surface area contributed by atoms with Gasteiger partial charge in [-0.3, -0.25) is 18.9 Å². The monoisotopic (exact) mass is 544 g/mol. The highest BCUT2D eigenvalue weighted by atomic mass is 35.5. The maximum Gasteiger partial charge on any atom is 0.267 e. The molecule has 0 aliphatic carbocycles. The molecule has 2 aliphatic heterocycles. The molecule has 1 amide bonds. The number of hydrogen-bond donors (Lipinski definition) is 0. The highest BCUT2D eigenvalue weighted by Crippen LogP contribution is 2.38. The van der Waals surface area contributed by atoms with E-state index in [1.54, 1.807) is 24.4 Å². The second-order valence-corrected chi connectivity index (χ2v) is 10.9. The standard InChI is InChI=1S/C28H21ClN4O2S2/c29-21-11-3-1-9-19(21)17-33-27(35)23(37-28(33)36)16-20-25(30-24-13-5-6-14-32(24)26(20)34)31-15-7-10-18-8-2-4-12-22(18)31/h1-6,8-9,11-14,16H,7,10,15,17H2. The van der Waals surface area contributed by atoms with E-state index in [0.717, 1.165) is 30.6 Å². The largest absolute Gasteiger partial charge is 0.325 e. The van der Waals surface area contributed by atoms with Gasteiger partial charge in [0.15, 0.2) is 0 Å². The predicted octanol–water partition coefficient (Wildman–Crippen LogP) is 5.83. The number of aryl methyl sites for hydroxylation is 1. The summed E-state index contributed by atoms with van der Waals surface area (Å²) < 4.78 is 1.94. The fourth-order valence-electron chi connectivity index (χ4n) is 4.74. The van der Waals surface area contributed by atoms with Gasteiger partial charge in [-0.05, 0) is 54.3 Å². The van der Waals surface area contributed by atoms with Crippen molar-refractivity contribution in [1.29, 1.82) is 0 Å². The van der Waals surface area contributed by atoms with Gasteiger partial charge in [-0.1, -0.05) is 78.0 Å². The smallest absolute Gasteiger partial charge is 0.267 e. The number of nitrogens with zero attached hydrogens (tertiary/aromatic N) is 4. The first-order valence-electron chi connectivity index (χ1n) is 11.9. The molecule has 4 aromatic rings. The molecule has 0 spiro atoms. The topological polar surface area (TPSA) is 57.9 Å². The molecule has 0 atom stereocenters. The summed E-state index contributed by atoms with van der Waals surface area (Å²) in [5.74, 6) is 0.289. The van der Waals surface area contributed by atoms with Gasteiger partial charge in [-0.25, -0.2) is 4.98 Å². The number of carbonyl (C=O) groups is 1. The lowest BCUT2D eigenvalue weighted by Crippen LogP contribution is -2.30. The summed E-state index contributed by atoms with van der Waals surface area (Å²) in [7, 11) is 0. The number of fused-ring (bicyclic) bond motifs is 2. The van der Waals surface area contributed by atoms with Gasteiger partial charge in [0.2, 0.25) is 0 Å². The Kier molecular flexibility index (Phi) is 6.32. The van der Waals surface area contributed by atoms with E-state index in [4.69, 9.17) is 28.8 Å². The first-order chi connectivity index (χ1) is 18.0. The van der Waals surface area contributed by atoms with Crippen LogP contribution in [0.25, 0.3) is 11.7 Å². The van der Waals surface area contributed by atoms with Gasteiger partial charge >= 0.3 is 0 Å². The summed E-state index contributed by atoms with van der Waals surface area (Å²) in [6.07, 6.45) is 5.24. The zero-order valence-electron chi connectivity index (χ0n) is 19.6. The van der Waals surface area contributed by atoms with Crippen LogP contribution in [0, 0.1) is 0 Å². The molecule has 2 aromatic heterocycles. The van der Waals surface area contributed by atoms with Crippen molar-refractivity contribution in [2.75, 3.05) is 11.4 Å². The van der Waals surface area contributed by atoms with Crippen molar-refractivity contribution in [3.05, 3.63) is 110 Å². The number of thioether (sulfide) groups is 1. The maximum absolute atomic E-state index is 13.8. The van der Waals surface area contributed by atoms with Crippen LogP contribution in [0.1, 0.15) is 23.1 Å². The van der Waals surface area contributed by atoms with E-state index in [0.29, 0.717) is 31.3 Å². The van der Waals surface area contributed by atoms with Gasteiger partial charge in [0.05, 0.1) is 17.0 Å². The van der Waals surface area contributed by atoms with Gasteiger partial charge < -0.3 is 4.90 Å². The van der Waals surface area contributed by atoms with Crippen LogP contribution >= 0.6 is 35.6 Å². The number of para-hydroxylation sites is 1. The Morgan fingerprint density at radius 2 is 1.81 bits per heavy atom. The fourth-order valence-corrected chi connectivity index (χ4v) is 6.17. The maximum atomic E-state index is 13.8. The van der Waals surface area contributed by atoms with Gasteiger partial charge in [-0.2, -0.15) is 0 Å². The molecule has 1 fully saturated rings. The second kappa shape index (κ2) is 9.78. The average molecular weight is 545 g/mol. The Labute approximate surface area is 228 Å². The number of rotatable bonds is 4. The number of halogens is 1. The molecule has 0 unspecified atom stereocenters. The van der Waals surface area contributed by atoms with Crippen molar-refractivity contribution in [2.45, 2.75) is 19.4 Å². The molecule has 2 aromatic carbocycles. The molecule has 2 aliphatic rings. The molecule has 37 heavy (non-hydrogen) atoms. The van der Waals surface area contributed by atoms with Crippen molar-refractivity contribution in [1.82, 2.24) is 14.3 Å². The van der Waals surface area contributed by atoms with E-state index < -0.39 is 0 Å². The van der Waals surface area contributed by atoms with Crippen LogP contribution in [0.3, 0.4) is 0 Å². The molecule has 0 radical (unpaired) electrons. The molecule has 4 heterocycles. The van der Waals surface area contributed by atoms with Crippen LogP contribution in [0.15, 0.2) is 82.6 Å². The molecule has 0 saturated carbocycles. The number of carbonyl (C=O) groups excluding carboxylic acids is 1. The summed E-state index contributed by atoms with van der Waals surface area (Å²) in [5, 5.41) is 0.573. The third kappa shape index (κ3) is 4.35. The number of benzene rings is 2. The van der Waals surface area contributed by atoms with Crippen LogP contribution in [0.5, 0.6) is 0 Å². The molecule has 9 heteroatoms. The second-order valence-electron chi connectivity index (χ2n) is 8.83. The minimum atomic E-state index is -0.252. The number of anilines is 2. The zero-order valence-corrected chi connectivity index (χ0v) is 22.0. The van der Waals surface area contributed by atoms with E-state index >= 15 is 0 Å². The van der Waals surface area contributed by atoms with Crippen LogP contribution in [0.4, 0.5) is 11.5 Å². The Hall–Kier alpha value is -3.46. The lowest BCUT2D eigenvalue weighted by atomic mass is 10.0. The number of hydrogen-bond acceptors (Lipinski definition) is 6. The summed E-state index contributed by atoms with van der Waals surface area (Å²) >= 11 is 13.1. The Bertz CT molecular complexity index is 1670. The number of thiocarbonyl (C=S) groups is 1. The minimum Gasteiger partial charge on any atom is -0.325 e. The highest BCUT2D eigenvalue weighted by molar-refractivity contribution is 8.26. The zero-order chi connectivity index (χ0) is 25.5. The van der Waals surface area contributed by atoms with Crippen LogP contribution < -0.4 is 10.5 Å². The minimum absolute atomic E-state index is 0.236. The molecule has 0 bridgehead atoms. The molecular formula is C28H21ClN4O2S2. The van der Waals surface area contributed by atoms with Crippen molar-refractivity contribution in [3.63, 3.8) is 0 Å². The van der Waals surface area contributed by atoms with Gasteiger partial charge in [0, 0.05) is 23.5 Å². The summed E-state index contributed by atoms with van der Waals surface area (Å²) in [4.78, 5) is 36.1. The SMILES string of the molecule is O=C1C(=Cc2c(N3CCCc4ccccc43)nc3ccccn3c2=O)SC(=S)N1Cc1ccccc1Cl. The van der Waals surface area contributed by atoms with Crippen molar-refractivity contribution in [2.24, 2.45) is 0 Å². The Morgan fingerprint density at radius 3 is 2.68 bits per heavy atom. The van der Waals surface area contributed by atoms with Crippen molar-refractivity contribution < 1.29 is 4.79 Å². The lowest BCUT2D eigenvalue weighted by molar-refractivity contribution is -0.122. The van der Waals surface area contributed by atoms with Crippen molar-refractivity contribution >= 4 is 69.0 Å². The molecular weight excluding hydrogens is 524 g/mol. The van der Waals surface area contributed by atoms with Gasteiger partial charge in [0.25, 0.3) is 11.5 Å². The molecule has 0 N–H and O–H groups in total. The van der Waals surface area contributed by atoms with Gasteiger partial charge in [0.1, 0.15) is 15.8 Å². The van der Waals surface area contributed by atoms with Crippen LogP contribution in [-0.4, -0.2) is 31.1 Å². The highest BCUT2D eigenvalue weighted by Gasteiger charge is 2.33. The van der Waals surface area contributed by atoms with E-state index in [1.807, 2.05) is 42.5 Å². The first kappa shape index (κ1) is 23.9. The Morgan fingerprint density at radius 1 is 1.03 bits per heavy atom. The van der Waals surface area contributed by atoms with Crippen LogP contribution in [0.2, 0.25) is 5.02 Å². The number of amides is 1. The average Bonchev–Trinajstić information content (AvgIpc) is 3.18. The van der Waals surface area contributed by atoms with Gasteiger partial charge in [-0.15, -0.1) is 0 Å². The molecule has 184 valence electrons. The summed E-state index contributed by atoms with van der Waals surface area (Å²) in [6.45, 7) is 0.990. The molecule has 6 rings (SSSR count). The lowest BCUT2D eigenvalue weighted by Gasteiger charge is -2.31. The van der Waals surface area contributed by atoms with Crippen LogP contribution in [-0.2, 0) is 17.8 Å². The molecule has 1 saturated heterocycles. The quantitative estimate of drug-likeness (QED) is 0.238. The summed E-state index contributed by atoms with van der Waals surface area (Å²) in [5.41, 5.74) is 3.72. The first-order valence-corrected chi connectivity index (χ1v) is 13.5. The Balaban J connectivity index is 1.47. The third-order valence-electron chi connectivity index (χ3n) is 6.55. The predicted molar refractivity (Wildman–Crippen MR) is 153 cm³/mol. The van der Waals surface area contributed by atoms with E-state index in [1.165, 1.54) is 26.6 Å². The van der Waals surface area contributed by atoms with E-state index in [9.17, 15) is 9.59 Å². The van der Waals surface area contributed by atoms with Crippen molar-refractivity contribution in [3.8, 4) is 0 Å². The normalized spacial score (nSPS) is 16.6. The third-order valence-corrected chi connectivity index (χ3v) is 8.30. The van der Waals surface area contributed by atoms with E-state index in [2.05, 4.69) is 17.0 Å².